The Hall–Kier alpha value is -1.83. The van der Waals surface area contributed by atoms with E-state index in [0.29, 0.717) is 11.5 Å². The van der Waals surface area contributed by atoms with E-state index >= 15 is 0 Å². The van der Waals surface area contributed by atoms with Gasteiger partial charge in [0.25, 0.3) is 0 Å². The molecule has 1 aromatic heterocycles. The van der Waals surface area contributed by atoms with E-state index in [2.05, 4.69) is 21.9 Å². The molecule has 0 bridgehead atoms. The second-order valence-corrected chi connectivity index (χ2v) is 7.74. The largest absolute Gasteiger partial charge is 0.565 e. The molecule has 2 aliphatic heterocycles. The molecule has 2 aliphatic rings. The summed E-state index contributed by atoms with van der Waals surface area (Å²) in [7, 11) is -1.11. The number of rotatable bonds is 2. The van der Waals surface area contributed by atoms with E-state index in [1.54, 1.807) is 0 Å². The topological polar surface area (TPSA) is 62.7 Å². The highest BCUT2D eigenvalue weighted by molar-refractivity contribution is 7.00. The van der Waals surface area contributed by atoms with Gasteiger partial charge in [-0.15, -0.1) is 0 Å². The Bertz CT molecular complexity index is 825. The van der Waals surface area contributed by atoms with Gasteiger partial charge in [-0.25, -0.2) is 0 Å². The van der Waals surface area contributed by atoms with Crippen molar-refractivity contribution in [3.8, 4) is 0 Å². The molecule has 0 amide bonds. The minimum atomic E-state index is -0.556. The third-order valence-corrected chi connectivity index (χ3v) is 5.16. The zero-order valence-corrected chi connectivity index (χ0v) is 15.5. The van der Waals surface area contributed by atoms with Crippen molar-refractivity contribution >= 4 is 47.9 Å². The Morgan fingerprint density at radius 1 is 0.840 bits per heavy atom. The number of hydrogen-bond acceptors (Lipinski definition) is 7. The third kappa shape index (κ3) is 2.58. The Morgan fingerprint density at radius 3 is 1.56 bits per heavy atom. The van der Waals surface area contributed by atoms with Crippen LogP contribution in [0.3, 0.4) is 0 Å². The monoisotopic (exact) mass is 356 g/mol. The summed E-state index contributed by atoms with van der Waals surface area (Å²) in [5.74, 6) is 1.19. The fourth-order valence-electron chi connectivity index (χ4n) is 2.80. The molecule has 0 aliphatic carbocycles. The quantitative estimate of drug-likeness (QED) is 0.765. The van der Waals surface area contributed by atoms with Crippen molar-refractivity contribution in [2.24, 2.45) is 0 Å². The van der Waals surface area contributed by atoms with Gasteiger partial charge in [0.05, 0.1) is 23.2 Å². The predicted octanol–water partition coefficient (Wildman–Crippen LogP) is 1.76. The standard InChI is InChI=1S/C16H18B2N2O4S/c1-9-15(3,4)23-17(21-9)11-7-8-12(14-13(11)19-25-20-14)18-22-10(2)16(5,6)24-18/h7-8H,1-2H2,3-6H3. The van der Waals surface area contributed by atoms with Crippen molar-refractivity contribution < 1.29 is 18.6 Å². The predicted molar refractivity (Wildman–Crippen MR) is 99.0 cm³/mol. The lowest BCUT2D eigenvalue weighted by Gasteiger charge is -2.16. The van der Waals surface area contributed by atoms with Crippen LogP contribution in [0.5, 0.6) is 0 Å². The molecule has 6 nitrogen and oxygen atoms in total. The van der Waals surface area contributed by atoms with Crippen LogP contribution in [-0.4, -0.2) is 34.2 Å². The van der Waals surface area contributed by atoms with Gasteiger partial charge in [-0.2, -0.15) is 8.75 Å². The summed E-state index contributed by atoms with van der Waals surface area (Å²) in [6.45, 7) is 15.5. The van der Waals surface area contributed by atoms with Crippen LogP contribution in [0.1, 0.15) is 27.7 Å². The van der Waals surface area contributed by atoms with Gasteiger partial charge in [0.15, 0.2) is 0 Å². The van der Waals surface area contributed by atoms with Crippen LogP contribution >= 0.6 is 11.7 Å². The molecule has 1 aromatic carbocycles. The first-order chi connectivity index (χ1) is 11.7. The van der Waals surface area contributed by atoms with E-state index in [4.69, 9.17) is 18.6 Å². The fraction of sp³-hybridized carbons (Fsp3) is 0.375. The Morgan fingerprint density at radius 2 is 1.24 bits per heavy atom. The maximum Gasteiger partial charge on any atom is 0.565 e. The summed E-state index contributed by atoms with van der Waals surface area (Å²) in [5.41, 5.74) is 1.99. The van der Waals surface area contributed by atoms with Crippen LogP contribution in [0, 0.1) is 0 Å². The van der Waals surface area contributed by atoms with E-state index in [-0.39, 0.29) is 0 Å². The lowest BCUT2D eigenvalue weighted by molar-refractivity contribution is 0.172. The molecular weight excluding hydrogens is 338 g/mol. The van der Waals surface area contributed by atoms with Gasteiger partial charge in [0.1, 0.15) is 22.2 Å². The van der Waals surface area contributed by atoms with Gasteiger partial charge in [-0.05, 0) is 27.7 Å². The molecule has 0 N–H and O–H groups in total. The van der Waals surface area contributed by atoms with Gasteiger partial charge in [0, 0.05) is 10.9 Å². The zero-order chi connectivity index (χ0) is 18.0. The molecule has 2 fully saturated rings. The van der Waals surface area contributed by atoms with E-state index in [1.807, 2.05) is 39.8 Å². The molecule has 9 heteroatoms. The van der Waals surface area contributed by atoms with Crippen LogP contribution in [0.2, 0.25) is 0 Å². The van der Waals surface area contributed by atoms with Gasteiger partial charge in [-0.3, -0.25) is 0 Å². The molecule has 4 rings (SSSR count). The number of benzene rings is 1. The highest BCUT2D eigenvalue weighted by Gasteiger charge is 2.47. The van der Waals surface area contributed by atoms with Crippen LogP contribution in [0.4, 0.5) is 0 Å². The number of hydrogen-bond donors (Lipinski definition) is 0. The molecule has 0 unspecified atom stereocenters. The Balaban J connectivity index is 1.74. The van der Waals surface area contributed by atoms with Crippen molar-refractivity contribution in [3.63, 3.8) is 0 Å². The lowest BCUT2D eigenvalue weighted by Crippen LogP contribution is -2.39. The van der Waals surface area contributed by atoms with Gasteiger partial charge in [0.2, 0.25) is 0 Å². The minimum Gasteiger partial charge on any atom is -0.534 e. The third-order valence-electron chi connectivity index (χ3n) is 4.63. The molecule has 0 atom stereocenters. The van der Waals surface area contributed by atoms with Crippen molar-refractivity contribution in [2.75, 3.05) is 0 Å². The molecule has 2 saturated heterocycles. The first kappa shape index (κ1) is 16.6. The highest BCUT2D eigenvalue weighted by Crippen LogP contribution is 2.31. The summed E-state index contributed by atoms with van der Waals surface area (Å²) < 4.78 is 32.4. The van der Waals surface area contributed by atoms with Gasteiger partial charge < -0.3 is 18.6 Å². The van der Waals surface area contributed by atoms with E-state index in [1.165, 1.54) is 0 Å². The highest BCUT2D eigenvalue weighted by atomic mass is 32.1. The fourth-order valence-corrected chi connectivity index (χ4v) is 3.38. The van der Waals surface area contributed by atoms with Crippen LogP contribution in [0.25, 0.3) is 11.0 Å². The van der Waals surface area contributed by atoms with Crippen LogP contribution in [-0.2, 0) is 18.6 Å². The maximum atomic E-state index is 5.98. The van der Waals surface area contributed by atoms with Crippen LogP contribution in [0.15, 0.2) is 36.8 Å². The van der Waals surface area contributed by atoms with Gasteiger partial charge >= 0.3 is 14.2 Å². The molecule has 0 saturated carbocycles. The summed E-state index contributed by atoms with van der Waals surface area (Å²) in [6, 6.07) is 3.83. The molecule has 2 aromatic rings. The molecule has 0 radical (unpaired) electrons. The number of nitrogens with zero attached hydrogens (tertiary/aromatic N) is 2. The zero-order valence-electron chi connectivity index (χ0n) is 14.7. The molecule has 128 valence electrons. The van der Waals surface area contributed by atoms with E-state index in [0.717, 1.165) is 33.7 Å². The number of fused-ring (bicyclic) bond motifs is 1. The average Bonchev–Trinajstić information content (AvgIpc) is 3.17. The first-order valence-corrected chi connectivity index (χ1v) is 8.75. The second-order valence-electron chi connectivity index (χ2n) is 7.21. The molecule has 25 heavy (non-hydrogen) atoms. The Labute approximate surface area is 151 Å². The van der Waals surface area contributed by atoms with Crippen molar-refractivity contribution in [3.05, 3.63) is 36.8 Å². The Kier molecular flexibility index (Phi) is 3.55. The normalized spacial score (nSPS) is 21.8. The van der Waals surface area contributed by atoms with Crippen LogP contribution < -0.4 is 10.9 Å². The lowest BCUT2D eigenvalue weighted by atomic mass is 9.72. The molecule has 0 spiro atoms. The van der Waals surface area contributed by atoms with E-state index < -0.39 is 25.4 Å². The van der Waals surface area contributed by atoms with E-state index in [9.17, 15) is 0 Å². The summed E-state index contributed by atoms with van der Waals surface area (Å²) in [5, 5.41) is 0. The van der Waals surface area contributed by atoms with Gasteiger partial charge in [-0.1, -0.05) is 25.3 Å². The van der Waals surface area contributed by atoms with Crippen molar-refractivity contribution in [1.82, 2.24) is 8.75 Å². The summed E-state index contributed by atoms with van der Waals surface area (Å²) >= 11 is 1.13. The van der Waals surface area contributed by atoms with Crippen molar-refractivity contribution in [1.29, 1.82) is 0 Å². The number of aromatic nitrogens is 2. The second kappa shape index (κ2) is 5.33. The average molecular weight is 356 g/mol. The first-order valence-electron chi connectivity index (χ1n) is 8.02. The molecule has 3 heterocycles. The van der Waals surface area contributed by atoms with Crippen molar-refractivity contribution in [2.45, 2.75) is 38.9 Å². The minimum absolute atomic E-state index is 0.543. The maximum absolute atomic E-state index is 5.98. The molecular formula is C16H18B2N2O4S. The summed E-state index contributed by atoms with van der Waals surface area (Å²) in [4.78, 5) is 0. The smallest absolute Gasteiger partial charge is 0.534 e. The SMILES string of the molecule is C=C1OB(c2ccc(B3OC(=C)C(C)(C)O3)c3nsnc23)OC1(C)C. The summed E-state index contributed by atoms with van der Waals surface area (Å²) in [6.07, 6.45) is 0.